The Morgan fingerprint density at radius 1 is 0.815 bits per heavy atom. The van der Waals surface area contributed by atoms with E-state index in [2.05, 4.69) is 35.1 Å². The molecule has 0 saturated heterocycles. The van der Waals surface area contributed by atoms with Gasteiger partial charge >= 0.3 is 0 Å². The van der Waals surface area contributed by atoms with Crippen molar-refractivity contribution in [3.8, 4) is 5.75 Å². The molecule has 0 saturated carbocycles. The fourth-order valence-corrected chi connectivity index (χ4v) is 3.06. The smallest absolute Gasteiger partial charge is 0.119 e. The first kappa shape index (κ1) is 19.4. The first-order valence-corrected chi connectivity index (χ1v) is 9.62. The van der Waals surface area contributed by atoms with Crippen LogP contribution >= 0.6 is 23.2 Å². The number of hydrogen-bond acceptors (Lipinski definition) is 3. The van der Waals surface area contributed by atoms with Gasteiger partial charge in [-0.2, -0.15) is 0 Å². The lowest BCUT2D eigenvalue weighted by molar-refractivity contribution is 0.415. The van der Waals surface area contributed by atoms with Crippen molar-refractivity contribution in [1.82, 2.24) is 9.97 Å². The van der Waals surface area contributed by atoms with Gasteiger partial charge in [0.15, 0.2) is 0 Å². The minimum Gasteiger partial charge on any atom is -0.497 e. The highest BCUT2D eigenvalue weighted by atomic mass is 35.5. The van der Waals surface area contributed by atoms with Crippen molar-refractivity contribution in [2.24, 2.45) is 0 Å². The van der Waals surface area contributed by atoms with E-state index in [1.165, 1.54) is 10.9 Å². The van der Waals surface area contributed by atoms with Crippen molar-refractivity contribution in [2.45, 2.75) is 18.7 Å². The van der Waals surface area contributed by atoms with Gasteiger partial charge in [-0.05, 0) is 42.8 Å². The van der Waals surface area contributed by atoms with Gasteiger partial charge in [0.05, 0.1) is 41.3 Å². The molecule has 2 aromatic heterocycles. The van der Waals surface area contributed by atoms with Crippen LogP contribution in [-0.2, 0) is 11.8 Å². The first-order chi connectivity index (χ1) is 13.1. The average molecular weight is 399 g/mol. The van der Waals surface area contributed by atoms with Crippen molar-refractivity contribution in [1.29, 1.82) is 0 Å². The number of hydrogen-bond donors (Lipinski definition) is 0. The van der Waals surface area contributed by atoms with Crippen LogP contribution in [0.5, 0.6) is 5.75 Å². The van der Waals surface area contributed by atoms with Crippen LogP contribution in [-0.4, -0.2) is 17.1 Å². The normalized spacial score (nSPS) is 10.5. The molecule has 4 rings (SSSR count). The zero-order valence-corrected chi connectivity index (χ0v) is 16.8. The zero-order chi connectivity index (χ0) is 19.2. The summed E-state index contributed by atoms with van der Waals surface area (Å²) < 4.78 is 5.13. The summed E-state index contributed by atoms with van der Waals surface area (Å²) in [6.07, 6.45) is 0. The summed E-state index contributed by atoms with van der Waals surface area (Å²) in [6, 6.07) is 19.9. The third kappa shape index (κ3) is 4.68. The second-order valence-electron chi connectivity index (χ2n) is 6.08. The Kier molecular flexibility index (Phi) is 6.49. The van der Waals surface area contributed by atoms with E-state index in [9.17, 15) is 0 Å². The highest BCUT2D eigenvalue weighted by Crippen LogP contribution is 2.20. The summed E-state index contributed by atoms with van der Waals surface area (Å²) in [4.78, 5) is 8.84. The number of halogens is 2. The summed E-state index contributed by atoms with van der Waals surface area (Å²) in [7, 11) is 1.65. The SMILES string of the molecule is COc1ccc2nc(CCl)ccc2c1.Cc1cccc2ccc(CCl)nc12. The van der Waals surface area contributed by atoms with Gasteiger partial charge in [0.2, 0.25) is 0 Å². The molecule has 0 fully saturated rings. The molecule has 0 bridgehead atoms. The molecule has 27 heavy (non-hydrogen) atoms. The number of aromatic nitrogens is 2. The van der Waals surface area contributed by atoms with E-state index in [0.29, 0.717) is 11.8 Å². The van der Waals surface area contributed by atoms with Gasteiger partial charge in [0.1, 0.15) is 5.75 Å². The number of fused-ring (bicyclic) bond motifs is 2. The molecule has 5 heteroatoms. The van der Waals surface area contributed by atoms with Crippen molar-refractivity contribution in [2.75, 3.05) is 7.11 Å². The lowest BCUT2D eigenvalue weighted by Gasteiger charge is -2.02. The number of pyridine rings is 2. The third-order valence-corrected chi connectivity index (χ3v) is 4.76. The van der Waals surface area contributed by atoms with Gasteiger partial charge in [0.25, 0.3) is 0 Å². The molecule has 0 aliphatic heterocycles. The number of para-hydroxylation sites is 1. The number of aryl methyl sites for hydroxylation is 1. The molecule has 138 valence electrons. The fraction of sp³-hybridized carbons (Fsp3) is 0.182. The molecule has 3 nitrogen and oxygen atoms in total. The van der Waals surface area contributed by atoms with Gasteiger partial charge in [-0.25, -0.2) is 0 Å². The lowest BCUT2D eigenvalue weighted by Crippen LogP contribution is -1.88. The Balaban J connectivity index is 0.000000156. The van der Waals surface area contributed by atoms with Crippen LogP contribution in [0.4, 0.5) is 0 Å². The van der Waals surface area contributed by atoms with Crippen LogP contribution in [0.3, 0.4) is 0 Å². The predicted molar refractivity (Wildman–Crippen MR) is 114 cm³/mol. The highest BCUT2D eigenvalue weighted by Gasteiger charge is 2.00. The average Bonchev–Trinajstić information content (AvgIpc) is 2.73. The van der Waals surface area contributed by atoms with Gasteiger partial charge in [-0.3, -0.25) is 9.97 Å². The van der Waals surface area contributed by atoms with E-state index in [1.54, 1.807) is 7.11 Å². The molecule has 0 aliphatic carbocycles. The molecule has 2 aromatic carbocycles. The molecule has 4 aromatic rings. The van der Waals surface area contributed by atoms with Crippen LogP contribution in [0.2, 0.25) is 0 Å². The molecule has 0 amide bonds. The van der Waals surface area contributed by atoms with E-state index in [1.807, 2.05) is 42.5 Å². The molecule has 0 aliphatic rings. The minimum absolute atomic E-state index is 0.446. The van der Waals surface area contributed by atoms with Crippen LogP contribution in [0.25, 0.3) is 21.8 Å². The number of benzene rings is 2. The summed E-state index contributed by atoms with van der Waals surface area (Å²) >= 11 is 11.4. The topological polar surface area (TPSA) is 35.0 Å². The van der Waals surface area contributed by atoms with Gasteiger partial charge in [-0.15, -0.1) is 23.2 Å². The number of rotatable bonds is 3. The van der Waals surface area contributed by atoms with E-state index in [0.717, 1.165) is 33.6 Å². The van der Waals surface area contributed by atoms with Gasteiger partial charge in [-0.1, -0.05) is 30.3 Å². The molecular weight excluding hydrogens is 379 g/mol. The Morgan fingerprint density at radius 3 is 2.22 bits per heavy atom. The van der Waals surface area contributed by atoms with Gasteiger partial charge < -0.3 is 4.74 Å². The maximum atomic E-state index is 5.72. The fourth-order valence-electron chi connectivity index (χ4n) is 2.76. The summed E-state index contributed by atoms with van der Waals surface area (Å²) in [5.74, 6) is 1.77. The molecular formula is C22H20Cl2N2O. The van der Waals surface area contributed by atoms with Crippen molar-refractivity contribution >= 4 is 45.0 Å². The Hall–Kier alpha value is -2.36. The summed E-state index contributed by atoms with van der Waals surface area (Å²) in [6.45, 7) is 2.06. The summed E-state index contributed by atoms with van der Waals surface area (Å²) in [5.41, 5.74) is 5.03. The Bertz CT molecular complexity index is 1020. The first-order valence-electron chi connectivity index (χ1n) is 8.55. The minimum atomic E-state index is 0.446. The molecule has 0 atom stereocenters. The monoisotopic (exact) mass is 398 g/mol. The Labute approximate surface area is 168 Å². The predicted octanol–water partition coefficient (Wildman–Crippen LogP) is 6.26. The lowest BCUT2D eigenvalue weighted by atomic mass is 10.1. The van der Waals surface area contributed by atoms with E-state index in [-0.39, 0.29) is 0 Å². The highest BCUT2D eigenvalue weighted by molar-refractivity contribution is 6.17. The van der Waals surface area contributed by atoms with Crippen molar-refractivity contribution < 1.29 is 4.74 Å². The molecule has 0 N–H and O–H groups in total. The number of methoxy groups -OCH3 is 1. The maximum Gasteiger partial charge on any atom is 0.119 e. The Morgan fingerprint density at radius 2 is 1.52 bits per heavy atom. The number of nitrogens with zero attached hydrogens (tertiary/aromatic N) is 2. The summed E-state index contributed by atoms with van der Waals surface area (Å²) in [5, 5.41) is 2.24. The third-order valence-electron chi connectivity index (χ3n) is 4.21. The largest absolute Gasteiger partial charge is 0.497 e. The maximum absolute atomic E-state index is 5.72. The van der Waals surface area contributed by atoms with Crippen molar-refractivity contribution in [3.05, 3.63) is 77.6 Å². The standard InChI is InChI=1S/C11H10ClNO.C11H10ClN/c1-14-10-4-5-11-8(6-10)2-3-9(7-12)13-11;1-8-3-2-4-9-5-6-10(7-12)13-11(8)9/h2-6H,7H2,1H3;2-6H,7H2,1H3. The van der Waals surface area contributed by atoms with Crippen molar-refractivity contribution in [3.63, 3.8) is 0 Å². The molecule has 0 spiro atoms. The number of ether oxygens (including phenoxy) is 1. The van der Waals surface area contributed by atoms with E-state index >= 15 is 0 Å². The molecule has 0 unspecified atom stereocenters. The molecule has 0 radical (unpaired) electrons. The van der Waals surface area contributed by atoms with Crippen LogP contribution in [0.1, 0.15) is 17.0 Å². The second kappa shape index (κ2) is 9.03. The molecule has 2 heterocycles. The van der Waals surface area contributed by atoms with Gasteiger partial charge in [0, 0.05) is 10.8 Å². The zero-order valence-electron chi connectivity index (χ0n) is 15.2. The van der Waals surface area contributed by atoms with E-state index < -0.39 is 0 Å². The van der Waals surface area contributed by atoms with E-state index in [4.69, 9.17) is 27.9 Å². The number of alkyl halides is 2. The van der Waals surface area contributed by atoms with Crippen LogP contribution in [0, 0.1) is 6.92 Å². The van der Waals surface area contributed by atoms with Crippen LogP contribution in [0.15, 0.2) is 60.7 Å². The van der Waals surface area contributed by atoms with Crippen LogP contribution < -0.4 is 4.74 Å². The quantitative estimate of drug-likeness (QED) is 0.381. The second-order valence-corrected chi connectivity index (χ2v) is 6.61.